The fraction of sp³-hybridized carbons (Fsp3) is 0.500. The summed E-state index contributed by atoms with van der Waals surface area (Å²) in [6.07, 6.45) is 1.68. The first-order chi connectivity index (χ1) is 10.7. The topological polar surface area (TPSA) is 70.1 Å². The lowest BCUT2D eigenvalue weighted by molar-refractivity contribution is -0.138. The van der Waals surface area contributed by atoms with Gasteiger partial charge in [-0.15, -0.1) is 0 Å². The Balaban J connectivity index is 1.52. The van der Waals surface area contributed by atoms with Gasteiger partial charge in [0.1, 0.15) is 0 Å². The zero-order valence-corrected chi connectivity index (χ0v) is 12.4. The molecule has 6 heteroatoms. The lowest BCUT2D eigenvalue weighted by Crippen LogP contribution is -2.53. The van der Waals surface area contributed by atoms with Crippen LogP contribution >= 0.6 is 0 Å². The van der Waals surface area contributed by atoms with E-state index in [0.29, 0.717) is 0 Å². The lowest BCUT2D eigenvalue weighted by Gasteiger charge is -2.37. The average molecular weight is 300 g/mol. The van der Waals surface area contributed by atoms with E-state index in [4.69, 9.17) is 0 Å². The zero-order chi connectivity index (χ0) is 15.1. The highest BCUT2D eigenvalue weighted by Crippen LogP contribution is 2.25. The van der Waals surface area contributed by atoms with Crippen molar-refractivity contribution in [2.24, 2.45) is 5.92 Å². The van der Waals surface area contributed by atoms with Gasteiger partial charge in [0.15, 0.2) is 0 Å². The molecule has 1 aromatic heterocycles. The van der Waals surface area contributed by atoms with Crippen LogP contribution in [0.15, 0.2) is 29.1 Å². The van der Waals surface area contributed by atoms with Crippen LogP contribution in [0.1, 0.15) is 18.9 Å². The number of hydrogen-bond donors (Lipinski definition) is 2. The largest absolute Gasteiger partial charge is 0.342 e. The number of nitrogens with one attached hydrogen (secondary N) is 2. The third-order valence-corrected chi connectivity index (χ3v) is 4.90. The van der Waals surface area contributed by atoms with E-state index >= 15 is 0 Å². The molecule has 22 heavy (non-hydrogen) atoms. The van der Waals surface area contributed by atoms with Crippen LogP contribution in [0, 0.1) is 5.92 Å². The van der Waals surface area contributed by atoms with Crippen molar-refractivity contribution in [3.63, 3.8) is 0 Å². The Bertz CT molecular complexity index is 751. The van der Waals surface area contributed by atoms with Crippen molar-refractivity contribution in [3.05, 3.63) is 34.7 Å². The number of hydrogen-bond acceptors (Lipinski definition) is 3. The lowest BCUT2D eigenvalue weighted by atomic mass is 9.98. The van der Waals surface area contributed by atoms with Crippen LogP contribution in [0.4, 0.5) is 0 Å². The molecular formula is C16H20N4O2. The monoisotopic (exact) mass is 300 g/mol. The van der Waals surface area contributed by atoms with Crippen molar-refractivity contribution in [2.45, 2.75) is 18.9 Å². The summed E-state index contributed by atoms with van der Waals surface area (Å²) in [7, 11) is 0. The first kappa shape index (κ1) is 13.6. The molecule has 2 aliphatic rings. The average Bonchev–Trinajstić information content (AvgIpc) is 2.81. The number of carbonyl (C=O) groups excluding carboxylic acids is 1. The number of imidazole rings is 1. The van der Waals surface area contributed by atoms with E-state index in [0.717, 1.165) is 50.1 Å². The summed E-state index contributed by atoms with van der Waals surface area (Å²) in [5.41, 5.74) is 1.79. The third kappa shape index (κ3) is 2.14. The third-order valence-electron chi connectivity index (χ3n) is 4.90. The molecule has 1 aromatic carbocycles. The fourth-order valence-corrected chi connectivity index (χ4v) is 3.50. The number of aromatic amines is 1. The van der Waals surface area contributed by atoms with Gasteiger partial charge in [-0.25, -0.2) is 4.79 Å². The van der Waals surface area contributed by atoms with Gasteiger partial charge >= 0.3 is 5.69 Å². The summed E-state index contributed by atoms with van der Waals surface area (Å²) in [5.74, 6) is 0.427. The molecular weight excluding hydrogens is 280 g/mol. The van der Waals surface area contributed by atoms with E-state index < -0.39 is 0 Å². The molecule has 2 aromatic rings. The fourth-order valence-electron chi connectivity index (χ4n) is 3.50. The van der Waals surface area contributed by atoms with E-state index in [1.807, 2.05) is 33.7 Å². The van der Waals surface area contributed by atoms with Crippen LogP contribution in [0.25, 0.3) is 11.0 Å². The minimum atomic E-state index is -0.0471. The molecule has 0 atom stereocenters. The van der Waals surface area contributed by atoms with E-state index in [-0.39, 0.29) is 23.6 Å². The molecule has 1 amide bonds. The standard InChI is InChI=1S/C16H20N4O2/c21-15(11-9-17-10-11)19-7-5-12(6-8-19)20-14-4-2-1-3-13(14)18-16(20)22/h1-4,11-12,17H,5-10H2,(H,18,22). The highest BCUT2D eigenvalue weighted by Gasteiger charge is 2.32. The van der Waals surface area contributed by atoms with Gasteiger partial charge in [0.25, 0.3) is 0 Å². The molecule has 0 unspecified atom stereocenters. The van der Waals surface area contributed by atoms with Crippen molar-refractivity contribution in [2.75, 3.05) is 26.2 Å². The first-order valence-corrected chi connectivity index (χ1v) is 7.93. The van der Waals surface area contributed by atoms with Crippen LogP contribution in [-0.4, -0.2) is 46.5 Å². The number of para-hydroxylation sites is 2. The summed E-state index contributed by atoms with van der Waals surface area (Å²) in [6.45, 7) is 3.10. The van der Waals surface area contributed by atoms with Crippen molar-refractivity contribution in [1.29, 1.82) is 0 Å². The van der Waals surface area contributed by atoms with Crippen LogP contribution in [-0.2, 0) is 4.79 Å². The van der Waals surface area contributed by atoms with Crippen LogP contribution in [0.3, 0.4) is 0 Å². The van der Waals surface area contributed by atoms with Crippen LogP contribution < -0.4 is 11.0 Å². The molecule has 0 aliphatic carbocycles. The number of amides is 1. The van der Waals surface area contributed by atoms with E-state index in [9.17, 15) is 9.59 Å². The second-order valence-electron chi connectivity index (χ2n) is 6.23. The van der Waals surface area contributed by atoms with E-state index in [1.54, 1.807) is 0 Å². The Morgan fingerprint density at radius 3 is 2.55 bits per heavy atom. The molecule has 3 heterocycles. The minimum Gasteiger partial charge on any atom is -0.342 e. The van der Waals surface area contributed by atoms with Gasteiger partial charge in [-0.05, 0) is 25.0 Å². The van der Waals surface area contributed by atoms with Gasteiger partial charge in [-0.2, -0.15) is 0 Å². The summed E-state index contributed by atoms with van der Waals surface area (Å²) in [5, 5.41) is 3.14. The van der Waals surface area contributed by atoms with Crippen LogP contribution in [0.2, 0.25) is 0 Å². The molecule has 0 spiro atoms. The van der Waals surface area contributed by atoms with Crippen LogP contribution in [0.5, 0.6) is 0 Å². The van der Waals surface area contributed by atoms with Gasteiger partial charge in [0, 0.05) is 32.2 Å². The summed E-state index contributed by atoms with van der Waals surface area (Å²) < 4.78 is 1.86. The van der Waals surface area contributed by atoms with E-state index in [2.05, 4.69) is 10.3 Å². The normalized spacial score (nSPS) is 20.3. The smallest absolute Gasteiger partial charge is 0.326 e. The maximum absolute atomic E-state index is 12.3. The van der Waals surface area contributed by atoms with Gasteiger partial charge in [0.05, 0.1) is 17.0 Å². The molecule has 6 nitrogen and oxygen atoms in total. The number of H-pyrrole nitrogens is 1. The van der Waals surface area contributed by atoms with Gasteiger partial charge in [0.2, 0.25) is 5.91 Å². The Morgan fingerprint density at radius 1 is 1.14 bits per heavy atom. The Kier molecular flexibility index (Phi) is 3.26. The van der Waals surface area contributed by atoms with Gasteiger partial charge < -0.3 is 15.2 Å². The quantitative estimate of drug-likeness (QED) is 0.858. The summed E-state index contributed by atoms with van der Waals surface area (Å²) >= 11 is 0. The Hall–Kier alpha value is -2.08. The van der Waals surface area contributed by atoms with Crippen molar-refractivity contribution in [1.82, 2.24) is 19.8 Å². The number of fused-ring (bicyclic) bond motifs is 1. The second-order valence-corrected chi connectivity index (χ2v) is 6.23. The van der Waals surface area contributed by atoms with Gasteiger partial charge in [-0.1, -0.05) is 12.1 Å². The number of likely N-dealkylation sites (tertiary alicyclic amines) is 1. The molecule has 0 bridgehead atoms. The van der Waals surface area contributed by atoms with Crippen molar-refractivity contribution < 1.29 is 4.79 Å². The maximum atomic E-state index is 12.3. The minimum absolute atomic E-state index is 0.0471. The highest BCUT2D eigenvalue weighted by atomic mass is 16.2. The molecule has 0 saturated carbocycles. The summed E-state index contributed by atoms with van der Waals surface area (Å²) in [6, 6.07) is 7.96. The maximum Gasteiger partial charge on any atom is 0.326 e. The number of aromatic nitrogens is 2. The summed E-state index contributed by atoms with van der Waals surface area (Å²) in [4.78, 5) is 29.4. The predicted molar refractivity (Wildman–Crippen MR) is 83.8 cm³/mol. The zero-order valence-electron chi connectivity index (χ0n) is 12.4. The predicted octanol–water partition coefficient (Wildman–Crippen LogP) is 0.713. The molecule has 2 N–H and O–H groups in total. The number of benzene rings is 1. The second kappa shape index (κ2) is 5.28. The van der Waals surface area contributed by atoms with Crippen molar-refractivity contribution in [3.8, 4) is 0 Å². The molecule has 2 fully saturated rings. The van der Waals surface area contributed by atoms with Gasteiger partial charge in [-0.3, -0.25) is 9.36 Å². The highest BCUT2D eigenvalue weighted by molar-refractivity contribution is 5.80. The Labute approximate surface area is 128 Å². The van der Waals surface area contributed by atoms with E-state index in [1.165, 1.54) is 0 Å². The number of nitrogens with zero attached hydrogens (tertiary/aromatic N) is 2. The molecule has 0 radical (unpaired) electrons. The number of rotatable bonds is 2. The number of carbonyl (C=O) groups is 1. The molecule has 2 saturated heterocycles. The Morgan fingerprint density at radius 2 is 1.86 bits per heavy atom. The van der Waals surface area contributed by atoms with Crippen molar-refractivity contribution >= 4 is 16.9 Å². The molecule has 116 valence electrons. The molecule has 2 aliphatic heterocycles. The number of piperidine rings is 1. The molecule has 4 rings (SSSR count). The first-order valence-electron chi connectivity index (χ1n) is 7.93. The SMILES string of the molecule is O=C(C1CNC1)N1CCC(n2c(=O)[nH]c3ccccc32)CC1.